The molecule has 1 atom stereocenters. The highest BCUT2D eigenvalue weighted by atomic mass is 16.2. The molecule has 7 nitrogen and oxygen atoms in total. The van der Waals surface area contributed by atoms with Crippen LogP contribution in [0.5, 0.6) is 0 Å². The summed E-state index contributed by atoms with van der Waals surface area (Å²) in [4.78, 5) is 33.0. The van der Waals surface area contributed by atoms with Crippen LogP contribution in [-0.4, -0.2) is 26.2 Å². The molecular formula is C33H33N5O2. The summed E-state index contributed by atoms with van der Waals surface area (Å²) < 4.78 is 1.89. The van der Waals surface area contributed by atoms with Crippen LogP contribution in [-0.2, 0) is 16.1 Å². The number of nitriles is 1. The molecule has 5 rings (SSSR count). The number of aromatic amines is 1. The SMILES string of the molecule is CCC(=O)CCCCC[C@H](NC(=O)Cn1ccc2cc(C#N)ccc21)c1ncc(-c2ccc3ccccc3c2)[nH]1. The van der Waals surface area contributed by atoms with Crippen LogP contribution >= 0.6 is 0 Å². The Morgan fingerprint density at radius 1 is 1.00 bits per heavy atom. The van der Waals surface area contributed by atoms with Gasteiger partial charge in [0.15, 0.2) is 0 Å². The molecule has 40 heavy (non-hydrogen) atoms. The van der Waals surface area contributed by atoms with Gasteiger partial charge in [-0.25, -0.2) is 4.98 Å². The minimum atomic E-state index is -0.282. The first-order valence-corrected chi connectivity index (χ1v) is 13.9. The van der Waals surface area contributed by atoms with Gasteiger partial charge >= 0.3 is 0 Å². The average Bonchev–Trinajstić information content (AvgIpc) is 3.63. The number of amides is 1. The van der Waals surface area contributed by atoms with Crippen molar-refractivity contribution in [3.05, 3.63) is 90.5 Å². The fraction of sp³-hybridized carbons (Fsp3) is 0.273. The smallest absolute Gasteiger partial charge is 0.240 e. The maximum atomic E-state index is 13.2. The zero-order chi connectivity index (χ0) is 27.9. The Morgan fingerprint density at radius 3 is 2.67 bits per heavy atom. The van der Waals surface area contributed by atoms with Gasteiger partial charge in [0.2, 0.25) is 5.91 Å². The van der Waals surface area contributed by atoms with E-state index in [0.717, 1.165) is 52.6 Å². The van der Waals surface area contributed by atoms with Gasteiger partial charge in [-0.3, -0.25) is 9.59 Å². The van der Waals surface area contributed by atoms with Gasteiger partial charge in [-0.05, 0) is 53.9 Å². The molecule has 0 saturated heterocycles. The van der Waals surface area contributed by atoms with Gasteiger partial charge in [0.1, 0.15) is 18.2 Å². The van der Waals surface area contributed by atoms with E-state index < -0.39 is 0 Å². The molecule has 7 heteroatoms. The number of hydrogen-bond acceptors (Lipinski definition) is 4. The van der Waals surface area contributed by atoms with Gasteiger partial charge in [-0.2, -0.15) is 5.26 Å². The maximum Gasteiger partial charge on any atom is 0.240 e. The summed E-state index contributed by atoms with van der Waals surface area (Å²) in [5.74, 6) is 0.894. The van der Waals surface area contributed by atoms with Crippen LogP contribution in [0.3, 0.4) is 0 Å². The Balaban J connectivity index is 1.31. The van der Waals surface area contributed by atoms with E-state index in [1.165, 1.54) is 5.39 Å². The summed E-state index contributed by atoms with van der Waals surface area (Å²) in [7, 11) is 0. The zero-order valence-corrected chi connectivity index (χ0v) is 22.7. The number of H-pyrrole nitrogens is 1. The molecule has 1 amide bonds. The third-order valence-corrected chi connectivity index (χ3v) is 7.38. The van der Waals surface area contributed by atoms with Crippen molar-refractivity contribution in [1.82, 2.24) is 19.9 Å². The molecule has 0 aliphatic carbocycles. The highest BCUT2D eigenvalue weighted by Crippen LogP contribution is 2.26. The minimum absolute atomic E-state index is 0.114. The molecule has 0 bridgehead atoms. The Hall–Kier alpha value is -4.70. The number of benzene rings is 3. The summed E-state index contributed by atoms with van der Waals surface area (Å²) in [6.07, 6.45) is 8.24. The summed E-state index contributed by atoms with van der Waals surface area (Å²) in [5.41, 5.74) is 3.44. The second kappa shape index (κ2) is 12.4. The molecule has 3 aromatic carbocycles. The first kappa shape index (κ1) is 26.9. The third kappa shape index (κ3) is 6.29. The van der Waals surface area contributed by atoms with E-state index in [-0.39, 0.29) is 24.3 Å². The predicted octanol–water partition coefficient (Wildman–Crippen LogP) is 6.84. The number of Topliss-reactive ketones (excluding diaryl/α,β-unsaturated/α-hetero) is 1. The van der Waals surface area contributed by atoms with Gasteiger partial charge in [-0.1, -0.05) is 56.2 Å². The van der Waals surface area contributed by atoms with Crippen molar-refractivity contribution in [2.24, 2.45) is 0 Å². The van der Waals surface area contributed by atoms with E-state index in [9.17, 15) is 14.9 Å². The summed E-state index contributed by atoms with van der Waals surface area (Å²) >= 11 is 0. The third-order valence-electron chi connectivity index (χ3n) is 7.38. The van der Waals surface area contributed by atoms with Crippen LogP contribution in [0.1, 0.15) is 62.9 Å². The standard InChI is InChI=1S/C33H33N5O2/c1-2-28(39)10-4-3-5-11-29(36-32(40)22-38-17-16-27-18-23(20-34)12-15-31(27)38)33-35-21-30(37-33)26-14-13-24-8-6-7-9-25(24)19-26/h6-9,12-19,21,29H,2-5,10-11,22H2,1H3,(H,35,37)(H,36,40)/t29-/m0/s1. The van der Waals surface area contributed by atoms with Crippen molar-refractivity contribution < 1.29 is 9.59 Å². The second-order valence-corrected chi connectivity index (χ2v) is 10.2. The van der Waals surface area contributed by atoms with Crippen molar-refractivity contribution in [3.8, 4) is 17.3 Å². The quantitative estimate of drug-likeness (QED) is 0.172. The molecule has 2 N–H and O–H groups in total. The van der Waals surface area contributed by atoms with Crippen LogP contribution in [0.15, 0.2) is 79.1 Å². The van der Waals surface area contributed by atoms with Crippen LogP contribution < -0.4 is 5.32 Å². The van der Waals surface area contributed by atoms with E-state index in [4.69, 9.17) is 0 Å². The number of carbonyl (C=O) groups excluding carboxylic acids is 2. The van der Waals surface area contributed by atoms with Gasteiger partial charge in [-0.15, -0.1) is 0 Å². The largest absolute Gasteiger partial charge is 0.345 e. The highest BCUT2D eigenvalue weighted by molar-refractivity contribution is 5.87. The van der Waals surface area contributed by atoms with E-state index in [1.54, 1.807) is 6.07 Å². The number of fused-ring (bicyclic) bond motifs is 2. The molecule has 0 fully saturated rings. The number of hydrogen-bond donors (Lipinski definition) is 2. The number of unbranched alkanes of at least 4 members (excludes halogenated alkanes) is 2. The molecule has 0 unspecified atom stereocenters. The Bertz CT molecular complexity index is 1690. The number of rotatable bonds is 12. The Kier molecular flexibility index (Phi) is 8.36. The van der Waals surface area contributed by atoms with E-state index in [0.29, 0.717) is 24.8 Å². The molecular weight excluding hydrogens is 498 g/mol. The minimum Gasteiger partial charge on any atom is -0.345 e. The number of aromatic nitrogens is 3. The average molecular weight is 532 g/mol. The van der Waals surface area contributed by atoms with E-state index in [1.807, 2.05) is 54.2 Å². The van der Waals surface area contributed by atoms with Crippen molar-refractivity contribution in [3.63, 3.8) is 0 Å². The second-order valence-electron chi connectivity index (χ2n) is 10.2. The van der Waals surface area contributed by atoms with Crippen LogP contribution in [0.4, 0.5) is 0 Å². The molecule has 0 radical (unpaired) electrons. The van der Waals surface area contributed by atoms with Gasteiger partial charge in [0.25, 0.3) is 0 Å². The number of nitrogens with zero attached hydrogens (tertiary/aromatic N) is 3. The first-order chi connectivity index (χ1) is 19.5. The fourth-order valence-corrected chi connectivity index (χ4v) is 5.12. The fourth-order valence-electron chi connectivity index (χ4n) is 5.12. The number of carbonyl (C=O) groups is 2. The molecule has 202 valence electrons. The lowest BCUT2D eigenvalue weighted by molar-refractivity contribution is -0.122. The molecule has 2 heterocycles. The van der Waals surface area contributed by atoms with E-state index >= 15 is 0 Å². The zero-order valence-electron chi connectivity index (χ0n) is 22.7. The maximum absolute atomic E-state index is 13.2. The molecule has 0 aliphatic rings. The molecule has 5 aromatic rings. The summed E-state index contributed by atoms with van der Waals surface area (Å²) in [6, 6.07) is 23.8. The van der Waals surface area contributed by atoms with Gasteiger partial charge in [0, 0.05) is 35.5 Å². The Morgan fingerprint density at radius 2 is 1.85 bits per heavy atom. The van der Waals surface area contributed by atoms with E-state index in [2.05, 4.69) is 51.7 Å². The first-order valence-electron chi connectivity index (χ1n) is 13.9. The number of imidazole rings is 1. The number of nitrogens with one attached hydrogen (secondary N) is 2. The molecule has 2 aromatic heterocycles. The topological polar surface area (TPSA) is 104 Å². The number of ketones is 1. The molecule has 0 aliphatic heterocycles. The molecule has 0 saturated carbocycles. The van der Waals surface area contributed by atoms with Crippen LogP contribution in [0, 0.1) is 11.3 Å². The summed E-state index contributed by atoms with van der Waals surface area (Å²) in [6.45, 7) is 2.06. The predicted molar refractivity (Wildman–Crippen MR) is 157 cm³/mol. The van der Waals surface area contributed by atoms with Crippen molar-refractivity contribution in [2.45, 2.75) is 58.0 Å². The lowest BCUT2D eigenvalue weighted by Gasteiger charge is -2.17. The molecule has 0 spiro atoms. The Labute approximate surface area is 233 Å². The van der Waals surface area contributed by atoms with Crippen LogP contribution in [0.2, 0.25) is 0 Å². The van der Waals surface area contributed by atoms with Crippen LogP contribution in [0.25, 0.3) is 32.9 Å². The monoisotopic (exact) mass is 531 g/mol. The van der Waals surface area contributed by atoms with Gasteiger partial charge in [0.05, 0.1) is 29.6 Å². The highest BCUT2D eigenvalue weighted by Gasteiger charge is 2.19. The van der Waals surface area contributed by atoms with Crippen molar-refractivity contribution >= 4 is 33.4 Å². The lowest BCUT2D eigenvalue weighted by atomic mass is 10.0. The normalized spacial score (nSPS) is 11.9. The van der Waals surface area contributed by atoms with Crippen molar-refractivity contribution in [1.29, 1.82) is 5.26 Å². The lowest BCUT2D eigenvalue weighted by Crippen LogP contribution is -2.32. The van der Waals surface area contributed by atoms with Crippen molar-refractivity contribution in [2.75, 3.05) is 0 Å². The van der Waals surface area contributed by atoms with Gasteiger partial charge < -0.3 is 14.9 Å². The summed E-state index contributed by atoms with van der Waals surface area (Å²) in [5, 5.41) is 15.6.